The molecule has 0 bridgehead atoms. The van der Waals surface area contributed by atoms with Crippen LogP contribution in [0.2, 0.25) is 0 Å². The summed E-state index contributed by atoms with van der Waals surface area (Å²) in [5.74, 6) is 0.0237. The molecule has 3 N–H and O–H groups in total. The summed E-state index contributed by atoms with van der Waals surface area (Å²) < 4.78 is 0. The number of nitrogens with one attached hydrogen (secondary N) is 3. The molecule has 2 saturated carbocycles. The molecule has 3 rings (SSSR count). The van der Waals surface area contributed by atoms with Crippen molar-refractivity contribution in [1.29, 1.82) is 0 Å². The fourth-order valence-electron chi connectivity index (χ4n) is 3.35. The fourth-order valence-corrected chi connectivity index (χ4v) is 3.35. The van der Waals surface area contributed by atoms with E-state index in [9.17, 15) is 9.59 Å². The smallest absolute Gasteiger partial charge is 0.241 e. The summed E-state index contributed by atoms with van der Waals surface area (Å²) in [5, 5.41) is 9.28. The van der Waals surface area contributed by atoms with Gasteiger partial charge in [-0.15, -0.1) is 0 Å². The van der Waals surface area contributed by atoms with Crippen molar-refractivity contribution in [3.05, 3.63) is 35.9 Å². The third-order valence-corrected chi connectivity index (χ3v) is 4.80. The number of rotatable bonds is 6. The zero-order valence-corrected chi connectivity index (χ0v) is 13.5. The molecular weight excluding hydrogens is 290 g/mol. The van der Waals surface area contributed by atoms with Crippen molar-refractivity contribution in [2.24, 2.45) is 5.92 Å². The van der Waals surface area contributed by atoms with Crippen molar-refractivity contribution in [3.8, 4) is 0 Å². The molecule has 1 aromatic rings. The van der Waals surface area contributed by atoms with Gasteiger partial charge in [-0.25, -0.2) is 0 Å². The Morgan fingerprint density at radius 1 is 1.09 bits per heavy atom. The van der Waals surface area contributed by atoms with E-state index in [2.05, 4.69) is 16.0 Å². The maximum Gasteiger partial charge on any atom is 0.241 e. The lowest BCUT2D eigenvalue weighted by Gasteiger charge is -2.26. The molecular formula is C18H25N3O2. The first-order valence-electron chi connectivity index (χ1n) is 8.52. The molecule has 1 aromatic carbocycles. The zero-order valence-electron chi connectivity index (χ0n) is 13.5. The van der Waals surface area contributed by atoms with Gasteiger partial charge in [-0.1, -0.05) is 36.8 Å². The number of carbonyl (C=O) groups excluding carboxylic acids is 2. The lowest BCUT2D eigenvalue weighted by Crippen LogP contribution is -2.47. The zero-order chi connectivity index (χ0) is 16.2. The van der Waals surface area contributed by atoms with Crippen LogP contribution in [-0.2, 0) is 9.59 Å². The molecule has 2 amide bonds. The first-order chi connectivity index (χ1) is 11.2. The van der Waals surface area contributed by atoms with Gasteiger partial charge in [0.25, 0.3) is 0 Å². The first-order valence-corrected chi connectivity index (χ1v) is 8.52. The van der Waals surface area contributed by atoms with Crippen LogP contribution >= 0.6 is 0 Å². The lowest BCUT2D eigenvalue weighted by atomic mass is 9.99. The third kappa shape index (κ3) is 3.91. The molecule has 124 valence electrons. The second kappa shape index (κ2) is 7.13. The van der Waals surface area contributed by atoms with Crippen molar-refractivity contribution in [2.75, 3.05) is 7.05 Å². The topological polar surface area (TPSA) is 70.2 Å². The number of amides is 2. The predicted octanol–water partition coefficient (Wildman–Crippen LogP) is 1.51. The van der Waals surface area contributed by atoms with Crippen LogP contribution < -0.4 is 16.0 Å². The Kier molecular flexibility index (Phi) is 4.96. The van der Waals surface area contributed by atoms with Crippen molar-refractivity contribution in [2.45, 2.75) is 50.2 Å². The Balaban J connectivity index is 1.75. The molecule has 5 nitrogen and oxygen atoms in total. The number of carbonyl (C=O) groups is 2. The normalized spacial score (nSPS) is 24.9. The summed E-state index contributed by atoms with van der Waals surface area (Å²) in [5.41, 5.74) is 0.952. The summed E-state index contributed by atoms with van der Waals surface area (Å²) in [6.45, 7) is 0. The number of hydrogen-bond acceptors (Lipinski definition) is 3. The molecule has 2 fully saturated rings. The Labute approximate surface area is 137 Å². The molecule has 23 heavy (non-hydrogen) atoms. The van der Waals surface area contributed by atoms with E-state index in [1.54, 1.807) is 7.05 Å². The van der Waals surface area contributed by atoms with E-state index in [0.29, 0.717) is 6.04 Å². The molecule has 3 atom stereocenters. The van der Waals surface area contributed by atoms with Crippen LogP contribution in [0.4, 0.5) is 0 Å². The summed E-state index contributed by atoms with van der Waals surface area (Å²) in [6, 6.07) is 9.74. The summed E-state index contributed by atoms with van der Waals surface area (Å²) >= 11 is 0. The Morgan fingerprint density at radius 3 is 2.48 bits per heavy atom. The molecule has 2 aliphatic rings. The van der Waals surface area contributed by atoms with Crippen molar-refractivity contribution >= 4 is 11.8 Å². The van der Waals surface area contributed by atoms with Gasteiger partial charge in [-0.3, -0.25) is 14.9 Å². The standard InChI is InChI=1S/C18H25N3O2/c1-19-17(22)14-8-5-9-15(14)21-16(12-6-3-2-4-7-12)18(23)20-13-10-11-13/h2-4,6-7,13-16,21H,5,8-11H2,1H3,(H,19,22)(H,20,23)/t14-,15+,16-/m1/s1. The highest BCUT2D eigenvalue weighted by atomic mass is 16.2. The van der Waals surface area contributed by atoms with Crippen LogP contribution in [-0.4, -0.2) is 30.9 Å². The van der Waals surface area contributed by atoms with Crippen LogP contribution in [0.1, 0.15) is 43.7 Å². The molecule has 0 aromatic heterocycles. The Bertz CT molecular complexity index is 557. The molecule has 0 spiro atoms. The van der Waals surface area contributed by atoms with Gasteiger partial charge in [0.15, 0.2) is 0 Å². The van der Waals surface area contributed by atoms with Gasteiger partial charge >= 0.3 is 0 Å². The SMILES string of the molecule is CNC(=O)[C@@H]1CCC[C@@H]1N[C@@H](C(=O)NC1CC1)c1ccccc1. The molecule has 0 heterocycles. The average molecular weight is 315 g/mol. The van der Waals surface area contributed by atoms with Crippen molar-refractivity contribution in [3.63, 3.8) is 0 Å². The van der Waals surface area contributed by atoms with E-state index < -0.39 is 6.04 Å². The summed E-state index contributed by atoms with van der Waals surface area (Å²) in [4.78, 5) is 24.7. The molecule has 0 saturated heterocycles. The second-order valence-corrected chi connectivity index (χ2v) is 6.55. The monoisotopic (exact) mass is 315 g/mol. The highest BCUT2D eigenvalue weighted by Gasteiger charge is 2.36. The first kappa shape index (κ1) is 16.0. The fraction of sp³-hybridized carbons (Fsp3) is 0.556. The van der Waals surface area contributed by atoms with Gasteiger partial charge in [0.1, 0.15) is 6.04 Å². The highest BCUT2D eigenvalue weighted by Crippen LogP contribution is 2.29. The quantitative estimate of drug-likeness (QED) is 0.745. The molecule has 0 radical (unpaired) electrons. The molecule has 0 unspecified atom stereocenters. The maximum absolute atomic E-state index is 12.7. The minimum Gasteiger partial charge on any atom is -0.359 e. The van der Waals surface area contributed by atoms with Gasteiger partial charge in [-0.2, -0.15) is 0 Å². The van der Waals surface area contributed by atoms with Crippen molar-refractivity contribution in [1.82, 2.24) is 16.0 Å². The summed E-state index contributed by atoms with van der Waals surface area (Å²) in [6.07, 6.45) is 4.96. The van der Waals surface area contributed by atoms with Gasteiger partial charge in [0.05, 0.1) is 5.92 Å². The Morgan fingerprint density at radius 2 is 1.83 bits per heavy atom. The number of benzene rings is 1. The van der Waals surface area contributed by atoms with E-state index in [1.165, 1.54) is 0 Å². The average Bonchev–Trinajstić information content (AvgIpc) is 3.27. The predicted molar refractivity (Wildman–Crippen MR) is 88.7 cm³/mol. The summed E-state index contributed by atoms with van der Waals surface area (Å²) in [7, 11) is 1.67. The third-order valence-electron chi connectivity index (χ3n) is 4.80. The maximum atomic E-state index is 12.7. The van der Waals surface area contributed by atoms with Gasteiger partial charge in [-0.05, 0) is 31.2 Å². The van der Waals surface area contributed by atoms with E-state index in [4.69, 9.17) is 0 Å². The van der Waals surface area contributed by atoms with Crippen LogP contribution in [0.3, 0.4) is 0 Å². The van der Waals surface area contributed by atoms with E-state index >= 15 is 0 Å². The lowest BCUT2D eigenvalue weighted by molar-refractivity contribution is -0.127. The molecule has 5 heteroatoms. The number of hydrogen-bond donors (Lipinski definition) is 3. The van der Waals surface area contributed by atoms with Crippen LogP contribution in [0.5, 0.6) is 0 Å². The van der Waals surface area contributed by atoms with Gasteiger partial charge < -0.3 is 10.6 Å². The van der Waals surface area contributed by atoms with E-state index in [0.717, 1.165) is 37.7 Å². The van der Waals surface area contributed by atoms with Crippen LogP contribution in [0.15, 0.2) is 30.3 Å². The largest absolute Gasteiger partial charge is 0.359 e. The minimum atomic E-state index is -0.396. The van der Waals surface area contributed by atoms with E-state index in [1.807, 2.05) is 30.3 Å². The van der Waals surface area contributed by atoms with Gasteiger partial charge in [0, 0.05) is 19.1 Å². The van der Waals surface area contributed by atoms with Crippen LogP contribution in [0, 0.1) is 5.92 Å². The molecule has 0 aliphatic heterocycles. The van der Waals surface area contributed by atoms with E-state index in [-0.39, 0.29) is 23.8 Å². The second-order valence-electron chi connectivity index (χ2n) is 6.55. The molecule has 2 aliphatic carbocycles. The van der Waals surface area contributed by atoms with Crippen LogP contribution in [0.25, 0.3) is 0 Å². The Hall–Kier alpha value is -1.88. The van der Waals surface area contributed by atoms with Gasteiger partial charge in [0.2, 0.25) is 11.8 Å². The highest BCUT2D eigenvalue weighted by molar-refractivity contribution is 5.84. The van der Waals surface area contributed by atoms with Crippen molar-refractivity contribution < 1.29 is 9.59 Å². The minimum absolute atomic E-state index is 0.0151.